The van der Waals surface area contributed by atoms with Crippen molar-refractivity contribution >= 4 is 12.2 Å². The Bertz CT molecular complexity index is 646. The van der Waals surface area contributed by atoms with E-state index in [2.05, 4.69) is 33.8 Å². The Hall–Kier alpha value is -1.39. The Morgan fingerprint density at radius 1 is 1.21 bits per heavy atom. The summed E-state index contributed by atoms with van der Waals surface area (Å²) in [7, 11) is 0. The summed E-state index contributed by atoms with van der Waals surface area (Å²) in [6.45, 7) is 0. The number of hydrogen-bond donors (Lipinski definition) is 1. The molecule has 2 saturated heterocycles. The van der Waals surface area contributed by atoms with Crippen LogP contribution in [0.4, 0.5) is 0 Å². The van der Waals surface area contributed by atoms with E-state index in [1.807, 2.05) is 12.3 Å². The van der Waals surface area contributed by atoms with Crippen molar-refractivity contribution in [3.8, 4) is 11.3 Å². The van der Waals surface area contributed by atoms with Crippen molar-refractivity contribution in [1.82, 2.24) is 9.55 Å². The zero-order chi connectivity index (χ0) is 12.8. The molecule has 3 nitrogen and oxygen atoms in total. The molecule has 2 aromatic rings. The first-order valence-corrected chi connectivity index (χ1v) is 7.24. The first-order valence-electron chi connectivity index (χ1n) is 6.84. The molecule has 0 spiro atoms. The molecule has 0 saturated carbocycles. The van der Waals surface area contributed by atoms with E-state index in [-0.39, 0.29) is 0 Å². The van der Waals surface area contributed by atoms with Gasteiger partial charge in [-0.3, -0.25) is 0 Å². The zero-order valence-corrected chi connectivity index (χ0v) is 11.4. The highest BCUT2D eigenvalue weighted by atomic mass is 32.1. The predicted octanol–water partition coefficient (Wildman–Crippen LogP) is 3.71. The van der Waals surface area contributed by atoms with Crippen molar-refractivity contribution in [3.05, 3.63) is 41.3 Å². The van der Waals surface area contributed by atoms with E-state index >= 15 is 0 Å². The van der Waals surface area contributed by atoms with Gasteiger partial charge in [0, 0.05) is 6.20 Å². The van der Waals surface area contributed by atoms with E-state index in [4.69, 9.17) is 17.0 Å². The molecular weight excluding hydrogens is 256 g/mol. The Labute approximate surface area is 117 Å². The van der Waals surface area contributed by atoms with Gasteiger partial charge in [0.2, 0.25) is 0 Å². The molecule has 2 aliphatic heterocycles. The van der Waals surface area contributed by atoms with Crippen LogP contribution >= 0.6 is 12.2 Å². The fourth-order valence-electron chi connectivity index (χ4n) is 3.42. The second-order valence-electron chi connectivity index (χ2n) is 5.39. The summed E-state index contributed by atoms with van der Waals surface area (Å²) in [5, 5.41) is 0. The van der Waals surface area contributed by atoms with Crippen molar-refractivity contribution in [2.45, 2.75) is 37.5 Å². The fraction of sp³-hybridized carbons (Fsp3) is 0.400. The molecule has 3 unspecified atom stereocenters. The number of ether oxygens (including phenoxy) is 1. The lowest BCUT2D eigenvalue weighted by atomic mass is 9.95. The van der Waals surface area contributed by atoms with Crippen LogP contribution in [-0.2, 0) is 4.74 Å². The summed E-state index contributed by atoms with van der Waals surface area (Å²) < 4.78 is 9.04. The van der Waals surface area contributed by atoms with Gasteiger partial charge in [-0.2, -0.15) is 0 Å². The van der Waals surface area contributed by atoms with Crippen LogP contribution in [0.3, 0.4) is 0 Å². The molecule has 98 valence electrons. The maximum absolute atomic E-state index is 5.97. The van der Waals surface area contributed by atoms with Crippen molar-refractivity contribution in [3.63, 3.8) is 0 Å². The number of fused-ring (bicyclic) bond motifs is 2. The lowest BCUT2D eigenvalue weighted by Crippen LogP contribution is -2.21. The van der Waals surface area contributed by atoms with E-state index in [1.165, 1.54) is 17.7 Å². The lowest BCUT2D eigenvalue weighted by molar-refractivity contribution is 0.0938. The second kappa shape index (κ2) is 4.32. The normalized spacial score (nSPS) is 28.9. The molecule has 2 aliphatic rings. The maximum Gasteiger partial charge on any atom is 0.177 e. The van der Waals surface area contributed by atoms with E-state index in [0.717, 1.165) is 17.6 Å². The van der Waals surface area contributed by atoms with Crippen LogP contribution in [0.25, 0.3) is 11.3 Å². The van der Waals surface area contributed by atoms with Gasteiger partial charge >= 0.3 is 0 Å². The van der Waals surface area contributed by atoms with Gasteiger partial charge in [-0.1, -0.05) is 30.3 Å². The first kappa shape index (κ1) is 11.4. The molecule has 1 aromatic carbocycles. The maximum atomic E-state index is 5.97. The average molecular weight is 272 g/mol. The van der Waals surface area contributed by atoms with Gasteiger partial charge < -0.3 is 14.3 Å². The van der Waals surface area contributed by atoms with Crippen LogP contribution in [0.1, 0.15) is 25.3 Å². The number of aromatic nitrogens is 2. The van der Waals surface area contributed by atoms with Crippen molar-refractivity contribution < 1.29 is 4.74 Å². The molecule has 0 aliphatic carbocycles. The van der Waals surface area contributed by atoms with Crippen LogP contribution in [0.2, 0.25) is 0 Å². The van der Waals surface area contributed by atoms with Crippen LogP contribution < -0.4 is 0 Å². The van der Waals surface area contributed by atoms with Gasteiger partial charge in [-0.25, -0.2) is 0 Å². The van der Waals surface area contributed by atoms with Gasteiger partial charge in [-0.15, -0.1) is 0 Å². The summed E-state index contributed by atoms with van der Waals surface area (Å²) in [5.74, 6) is 0. The average Bonchev–Trinajstić information content (AvgIpc) is 3.14. The monoisotopic (exact) mass is 272 g/mol. The quantitative estimate of drug-likeness (QED) is 0.845. The molecule has 0 amide bonds. The van der Waals surface area contributed by atoms with Crippen LogP contribution in [-0.4, -0.2) is 21.8 Å². The number of H-pyrrole nitrogens is 1. The summed E-state index contributed by atoms with van der Waals surface area (Å²) in [6.07, 6.45) is 6.27. The molecule has 2 bridgehead atoms. The van der Waals surface area contributed by atoms with Gasteiger partial charge in [0.05, 0.1) is 23.9 Å². The third-order valence-corrected chi connectivity index (χ3v) is 4.60. The number of imidazole rings is 1. The molecule has 3 atom stereocenters. The van der Waals surface area contributed by atoms with Crippen LogP contribution in [0, 0.1) is 4.77 Å². The largest absolute Gasteiger partial charge is 0.373 e. The zero-order valence-electron chi connectivity index (χ0n) is 10.6. The van der Waals surface area contributed by atoms with Crippen molar-refractivity contribution in [2.24, 2.45) is 0 Å². The summed E-state index contributed by atoms with van der Waals surface area (Å²) in [5.41, 5.74) is 2.38. The topological polar surface area (TPSA) is 29.9 Å². The lowest BCUT2D eigenvalue weighted by Gasteiger charge is -2.22. The highest BCUT2D eigenvalue weighted by Crippen LogP contribution is 2.43. The molecule has 4 rings (SSSR count). The number of nitrogens with zero attached hydrogens (tertiary/aromatic N) is 1. The Morgan fingerprint density at radius 2 is 2.05 bits per heavy atom. The molecule has 3 heterocycles. The second-order valence-corrected chi connectivity index (χ2v) is 5.78. The first-order chi connectivity index (χ1) is 9.33. The minimum Gasteiger partial charge on any atom is -0.373 e. The van der Waals surface area contributed by atoms with E-state index < -0.39 is 0 Å². The number of rotatable bonds is 2. The van der Waals surface area contributed by atoms with Gasteiger partial charge in [0.15, 0.2) is 4.77 Å². The summed E-state index contributed by atoms with van der Waals surface area (Å²) in [4.78, 5) is 3.19. The highest BCUT2D eigenvalue weighted by molar-refractivity contribution is 7.71. The standard InChI is InChI=1S/C15H16N2OS/c19-15-16-9-13(10-4-2-1-3-5-10)17(15)12-8-11-6-7-14(12)18-11/h1-5,9,11-12,14H,6-8H2,(H,16,19). The van der Waals surface area contributed by atoms with E-state index in [9.17, 15) is 0 Å². The fourth-order valence-corrected chi connectivity index (χ4v) is 3.71. The Balaban J connectivity index is 1.80. The van der Waals surface area contributed by atoms with Crippen molar-refractivity contribution in [2.75, 3.05) is 0 Å². The molecule has 19 heavy (non-hydrogen) atoms. The van der Waals surface area contributed by atoms with Gasteiger partial charge in [0.25, 0.3) is 0 Å². The third kappa shape index (κ3) is 1.78. The van der Waals surface area contributed by atoms with Crippen LogP contribution in [0.5, 0.6) is 0 Å². The molecular formula is C15H16N2OS. The number of benzene rings is 1. The minimum absolute atomic E-state index is 0.343. The van der Waals surface area contributed by atoms with E-state index in [1.54, 1.807) is 0 Å². The number of aromatic amines is 1. The minimum atomic E-state index is 0.343. The summed E-state index contributed by atoms with van der Waals surface area (Å²) in [6, 6.07) is 10.8. The third-order valence-electron chi connectivity index (χ3n) is 4.29. The van der Waals surface area contributed by atoms with Crippen molar-refractivity contribution in [1.29, 1.82) is 0 Å². The molecule has 1 N–H and O–H groups in total. The van der Waals surface area contributed by atoms with Gasteiger partial charge in [-0.05, 0) is 37.0 Å². The van der Waals surface area contributed by atoms with Crippen LogP contribution in [0.15, 0.2) is 36.5 Å². The molecule has 1 aromatic heterocycles. The summed E-state index contributed by atoms with van der Waals surface area (Å²) >= 11 is 5.48. The Kier molecular flexibility index (Phi) is 2.60. The highest BCUT2D eigenvalue weighted by Gasteiger charge is 2.42. The molecule has 2 fully saturated rings. The SMILES string of the molecule is S=c1[nH]cc(-c2ccccc2)n1C1CC2CCC1O2. The molecule has 4 heteroatoms. The molecule has 0 radical (unpaired) electrons. The number of nitrogens with one attached hydrogen (secondary N) is 1. The van der Waals surface area contributed by atoms with Gasteiger partial charge in [0.1, 0.15) is 0 Å². The van der Waals surface area contributed by atoms with E-state index in [0.29, 0.717) is 18.2 Å². The number of hydrogen-bond acceptors (Lipinski definition) is 2. The Morgan fingerprint density at radius 3 is 2.74 bits per heavy atom. The predicted molar refractivity (Wildman–Crippen MR) is 76.6 cm³/mol. The smallest absolute Gasteiger partial charge is 0.177 e.